The third-order valence-electron chi connectivity index (χ3n) is 6.21. The maximum Gasteiger partial charge on any atom is 0.130 e. The Morgan fingerprint density at radius 3 is 2.37 bits per heavy atom. The molecule has 1 aliphatic heterocycles. The van der Waals surface area contributed by atoms with E-state index in [9.17, 15) is 5.11 Å². The van der Waals surface area contributed by atoms with Gasteiger partial charge in [0.1, 0.15) is 5.82 Å². The largest absolute Gasteiger partial charge is 0.387 e. The molecule has 0 radical (unpaired) electrons. The molecule has 1 aromatic heterocycles. The van der Waals surface area contributed by atoms with Crippen molar-refractivity contribution in [1.29, 1.82) is 0 Å². The van der Waals surface area contributed by atoms with E-state index in [1.165, 1.54) is 16.7 Å². The van der Waals surface area contributed by atoms with E-state index in [0.717, 1.165) is 37.6 Å². The first kappa shape index (κ1) is 20.8. The van der Waals surface area contributed by atoms with Crippen molar-refractivity contribution in [3.05, 3.63) is 89.0 Å². The zero-order valence-corrected chi connectivity index (χ0v) is 18.2. The number of aliphatic hydroxyl groups excluding tert-OH is 1. The molecule has 0 saturated carbocycles. The smallest absolute Gasteiger partial charge is 0.130 e. The summed E-state index contributed by atoms with van der Waals surface area (Å²) in [6, 6.07) is 17.1. The third kappa shape index (κ3) is 4.48. The summed E-state index contributed by atoms with van der Waals surface area (Å²) < 4.78 is 2.12. The van der Waals surface area contributed by atoms with Crippen LogP contribution in [0.15, 0.2) is 60.9 Å². The highest BCUT2D eigenvalue weighted by atomic mass is 16.3. The van der Waals surface area contributed by atoms with Crippen LogP contribution in [0.4, 0.5) is 0 Å². The van der Waals surface area contributed by atoms with Crippen LogP contribution in [0, 0.1) is 13.8 Å². The number of imidazole rings is 1. The van der Waals surface area contributed by atoms with Gasteiger partial charge in [-0.3, -0.25) is 9.80 Å². The van der Waals surface area contributed by atoms with E-state index >= 15 is 0 Å². The van der Waals surface area contributed by atoms with Crippen LogP contribution in [-0.2, 0) is 7.05 Å². The number of aryl methyl sites for hydroxylation is 3. The maximum atomic E-state index is 10.8. The van der Waals surface area contributed by atoms with Crippen molar-refractivity contribution in [3.8, 4) is 0 Å². The van der Waals surface area contributed by atoms with E-state index in [1.807, 2.05) is 12.4 Å². The van der Waals surface area contributed by atoms with Crippen LogP contribution in [-0.4, -0.2) is 57.2 Å². The molecule has 2 aromatic carbocycles. The van der Waals surface area contributed by atoms with Crippen molar-refractivity contribution in [2.75, 3.05) is 32.7 Å². The van der Waals surface area contributed by atoms with Crippen molar-refractivity contribution in [2.24, 2.45) is 7.05 Å². The molecule has 1 aliphatic rings. The fourth-order valence-corrected chi connectivity index (χ4v) is 4.55. The zero-order chi connectivity index (χ0) is 21.1. The Labute approximate surface area is 179 Å². The predicted molar refractivity (Wildman–Crippen MR) is 120 cm³/mol. The summed E-state index contributed by atoms with van der Waals surface area (Å²) in [5, 5.41) is 10.8. The maximum absolute atomic E-state index is 10.8. The monoisotopic (exact) mass is 404 g/mol. The molecule has 0 bridgehead atoms. The van der Waals surface area contributed by atoms with Crippen molar-refractivity contribution in [2.45, 2.75) is 26.0 Å². The summed E-state index contributed by atoms with van der Waals surface area (Å²) in [4.78, 5) is 9.55. The van der Waals surface area contributed by atoms with E-state index in [1.54, 1.807) is 0 Å². The molecule has 4 rings (SSSR count). The van der Waals surface area contributed by atoms with Crippen LogP contribution in [0.1, 0.15) is 40.2 Å². The van der Waals surface area contributed by atoms with E-state index in [-0.39, 0.29) is 6.04 Å². The van der Waals surface area contributed by atoms with Gasteiger partial charge in [0.15, 0.2) is 0 Å². The van der Waals surface area contributed by atoms with Gasteiger partial charge in [-0.2, -0.15) is 0 Å². The minimum Gasteiger partial charge on any atom is -0.387 e. The Hall–Kier alpha value is -2.47. The highest BCUT2D eigenvalue weighted by Crippen LogP contribution is 2.29. The molecule has 5 nitrogen and oxygen atoms in total. The summed E-state index contributed by atoms with van der Waals surface area (Å²) in [6.45, 7) is 8.63. The normalized spacial score (nSPS) is 17.7. The Balaban J connectivity index is 1.44. The Morgan fingerprint density at radius 1 is 1.00 bits per heavy atom. The van der Waals surface area contributed by atoms with E-state index in [2.05, 4.69) is 88.8 Å². The van der Waals surface area contributed by atoms with Crippen LogP contribution in [0.25, 0.3) is 0 Å². The average molecular weight is 405 g/mol. The van der Waals surface area contributed by atoms with Gasteiger partial charge in [-0.15, -0.1) is 0 Å². The molecular weight excluding hydrogens is 372 g/mol. The summed E-state index contributed by atoms with van der Waals surface area (Å²) in [6.07, 6.45) is 3.44. The molecule has 2 atom stereocenters. The SMILES string of the molecule is Cc1ccc([C@@H](O)CN2CCN([C@H](c3ccccc3)c3nccn3C)CC2)c(C)c1. The number of piperazine rings is 1. The quantitative estimate of drug-likeness (QED) is 0.683. The van der Waals surface area contributed by atoms with Crippen molar-refractivity contribution in [1.82, 2.24) is 19.4 Å². The van der Waals surface area contributed by atoms with Crippen molar-refractivity contribution < 1.29 is 5.11 Å². The number of benzene rings is 2. The molecule has 0 aliphatic carbocycles. The van der Waals surface area contributed by atoms with Gasteiger partial charge in [-0.25, -0.2) is 4.98 Å². The summed E-state index contributed by atoms with van der Waals surface area (Å²) >= 11 is 0. The number of hydrogen-bond acceptors (Lipinski definition) is 4. The molecule has 1 fully saturated rings. The Kier molecular flexibility index (Phi) is 6.32. The highest BCUT2D eigenvalue weighted by molar-refractivity contribution is 5.32. The minimum atomic E-state index is -0.448. The zero-order valence-electron chi connectivity index (χ0n) is 18.2. The lowest BCUT2D eigenvalue weighted by Gasteiger charge is -2.39. The van der Waals surface area contributed by atoms with Crippen molar-refractivity contribution in [3.63, 3.8) is 0 Å². The van der Waals surface area contributed by atoms with Crippen LogP contribution < -0.4 is 0 Å². The number of β-amino-alcohol motifs (C(OH)–C–C–N with tert-alkyl or cyclic N) is 1. The van der Waals surface area contributed by atoms with Crippen molar-refractivity contribution >= 4 is 0 Å². The molecule has 2 heterocycles. The van der Waals surface area contributed by atoms with Crippen LogP contribution >= 0.6 is 0 Å². The van der Waals surface area contributed by atoms with Gasteiger partial charge >= 0.3 is 0 Å². The van der Waals surface area contributed by atoms with Gasteiger partial charge in [-0.1, -0.05) is 54.1 Å². The lowest BCUT2D eigenvalue weighted by molar-refractivity contribution is 0.0603. The third-order valence-corrected chi connectivity index (χ3v) is 6.21. The topological polar surface area (TPSA) is 44.5 Å². The van der Waals surface area contributed by atoms with E-state index < -0.39 is 6.10 Å². The highest BCUT2D eigenvalue weighted by Gasteiger charge is 2.29. The lowest BCUT2D eigenvalue weighted by Crippen LogP contribution is -2.49. The van der Waals surface area contributed by atoms with E-state index in [0.29, 0.717) is 6.54 Å². The number of rotatable bonds is 6. The molecule has 3 aromatic rings. The second kappa shape index (κ2) is 9.13. The summed E-state index contributed by atoms with van der Waals surface area (Å²) in [5.74, 6) is 1.07. The van der Waals surface area contributed by atoms with Gasteiger partial charge in [0.25, 0.3) is 0 Å². The van der Waals surface area contributed by atoms with Gasteiger partial charge in [0.05, 0.1) is 12.1 Å². The number of aliphatic hydroxyl groups is 1. The molecule has 158 valence electrons. The summed E-state index contributed by atoms with van der Waals surface area (Å²) in [5.41, 5.74) is 4.71. The fourth-order valence-electron chi connectivity index (χ4n) is 4.55. The van der Waals surface area contributed by atoms with E-state index in [4.69, 9.17) is 0 Å². The Morgan fingerprint density at radius 2 is 1.73 bits per heavy atom. The first-order valence-corrected chi connectivity index (χ1v) is 10.8. The summed E-state index contributed by atoms with van der Waals surface area (Å²) in [7, 11) is 2.06. The van der Waals surface area contributed by atoms with Crippen LogP contribution in [0.3, 0.4) is 0 Å². The Bertz CT molecular complexity index is 960. The van der Waals surface area contributed by atoms with Gasteiger partial charge in [0.2, 0.25) is 0 Å². The average Bonchev–Trinajstić information content (AvgIpc) is 3.16. The minimum absolute atomic E-state index is 0.151. The van der Waals surface area contributed by atoms with Crippen LogP contribution in [0.2, 0.25) is 0 Å². The predicted octanol–water partition coefficient (Wildman–Crippen LogP) is 3.48. The van der Waals surface area contributed by atoms with Gasteiger partial charge in [-0.05, 0) is 30.5 Å². The molecule has 1 N–H and O–H groups in total. The molecule has 30 heavy (non-hydrogen) atoms. The molecular formula is C25H32N4O. The number of nitrogens with zero attached hydrogens (tertiary/aromatic N) is 4. The first-order valence-electron chi connectivity index (χ1n) is 10.8. The van der Waals surface area contributed by atoms with Gasteiger partial charge < -0.3 is 9.67 Å². The molecule has 5 heteroatoms. The fraction of sp³-hybridized carbons (Fsp3) is 0.400. The van der Waals surface area contributed by atoms with Gasteiger partial charge in [0, 0.05) is 52.2 Å². The molecule has 1 saturated heterocycles. The molecule has 0 amide bonds. The second-order valence-corrected chi connectivity index (χ2v) is 8.42. The second-order valence-electron chi connectivity index (χ2n) is 8.42. The lowest BCUT2D eigenvalue weighted by atomic mass is 10.00. The van der Waals surface area contributed by atoms with Crippen LogP contribution in [0.5, 0.6) is 0 Å². The number of aromatic nitrogens is 2. The molecule has 0 unspecified atom stereocenters. The number of hydrogen-bond donors (Lipinski definition) is 1. The molecule has 0 spiro atoms. The first-order chi connectivity index (χ1) is 14.5. The standard InChI is InChI=1S/C25H32N4O/c1-19-9-10-22(20(2)17-19)23(30)18-28-13-15-29(16-14-28)24(21-7-5-4-6-8-21)25-26-11-12-27(25)3/h4-12,17,23-24,30H,13-16,18H2,1-3H3/t23-,24+/m0/s1.